The zero-order chi connectivity index (χ0) is 26.5. The van der Waals surface area contributed by atoms with Crippen LogP contribution in [0.3, 0.4) is 0 Å². The number of amides is 2. The van der Waals surface area contributed by atoms with Crippen LogP contribution in [0.15, 0.2) is 30.5 Å². The van der Waals surface area contributed by atoms with Gasteiger partial charge >= 0.3 is 0 Å². The third kappa shape index (κ3) is 4.66. The van der Waals surface area contributed by atoms with E-state index in [0.29, 0.717) is 12.1 Å². The van der Waals surface area contributed by atoms with Crippen LogP contribution in [-0.2, 0) is 26.7 Å². The second-order valence-electron chi connectivity index (χ2n) is 9.32. The van der Waals surface area contributed by atoms with E-state index in [0.717, 1.165) is 24.0 Å². The number of ether oxygens (including phenoxy) is 1. The van der Waals surface area contributed by atoms with Gasteiger partial charge in [-0.15, -0.1) is 0 Å². The van der Waals surface area contributed by atoms with Crippen molar-refractivity contribution in [2.75, 3.05) is 23.9 Å². The molecule has 194 valence electrons. The van der Waals surface area contributed by atoms with Crippen LogP contribution < -0.4 is 15.4 Å². The first kappa shape index (κ1) is 24.8. The molecule has 2 aromatic heterocycles. The predicted octanol–water partition coefficient (Wildman–Crippen LogP) is 2.33. The summed E-state index contributed by atoms with van der Waals surface area (Å²) in [5.74, 6) is -4.01. The normalized spacial score (nSPS) is 18.9. The molecule has 13 heteroatoms. The average Bonchev–Trinajstić information content (AvgIpc) is 3.03. The third-order valence-electron chi connectivity index (χ3n) is 6.25. The van der Waals surface area contributed by atoms with Crippen molar-refractivity contribution in [3.8, 4) is 17.1 Å². The Hall–Kier alpha value is -3.87. The van der Waals surface area contributed by atoms with Crippen LogP contribution >= 0.6 is 0 Å². The van der Waals surface area contributed by atoms with Crippen LogP contribution in [0.25, 0.3) is 11.4 Å². The van der Waals surface area contributed by atoms with Crippen molar-refractivity contribution in [3.63, 3.8) is 0 Å². The molecule has 2 N–H and O–H groups in total. The van der Waals surface area contributed by atoms with Gasteiger partial charge in [0.15, 0.2) is 15.5 Å². The van der Waals surface area contributed by atoms with Gasteiger partial charge in [0, 0.05) is 24.6 Å². The number of halogens is 2. The molecular weight excluding hydrogens is 508 g/mol. The van der Waals surface area contributed by atoms with Gasteiger partial charge in [-0.2, -0.15) is 5.10 Å². The summed E-state index contributed by atoms with van der Waals surface area (Å²) in [5, 5.41) is 9.90. The quantitative estimate of drug-likeness (QED) is 0.528. The lowest BCUT2D eigenvalue weighted by molar-refractivity contribution is -0.113. The van der Waals surface area contributed by atoms with Gasteiger partial charge in [0.25, 0.3) is 5.91 Å². The molecule has 10 nitrogen and oxygen atoms in total. The Kier molecular flexibility index (Phi) is 5.97. The van der Waals surface area contributed by atoms with E-state index in [1.807, 2.05) is 6.92 Å². The van der Waals surface area contributed by atoms with Gasteiger partial charge in [0.1, 0.15) is 34.5 Å². The number of nitrogens with zero attached hydrogens (tertiary/aromatic N) is 3. The van der Waals surface area contributed by atoms with Gasteiger partial charge in [0.05, 0.1) is 29.9 Å². The fourth-order valence-electron chi connectivity index (χ4n) is 4.79. The zero-order valence-electron chi connectivity index (χ0n) is 20.0. The van der Waals surface area contributed by atoms with Gasteiger partial charge in [-0.25, -0.2) is 17.2 Å². The highest BCUT2D eigenvalue weighted by Gasteiger charge is 2.46. The highest BCUT2D eigenvalue weighted by atomic mass is 32.2. The summed E-state index contributed by atoms with van der Waals surface area (Å²) in [6.45, 7) is 1.99. The molecule has 0 bridgehead atoms. The maximum absolute atomic E-state index is 15.1. The second-order valence-corrected chi connectivity index (χ2v) is 11.5. The van der Waals surface area contributed by atoms with E-state index in [4.69, 9.17) is 4.74 Å². The number of carbonyl (C=O) groups excluding carboxylic acids is 2. The molecule has 4 heterocycles. The highest BCUT2D eigenvalue weighted by molar-refractivity contribution is 7.91. The van der Waals surface area contributed by atoms with Gasteiger partial charge in [-0.3, -0.25) is 19.3 Å². The molecule has 3 aromatic rings. The summed E-state index contributed by atoms with van der Waals surface area (Å²) >= 11 is 0. The summed E-state index contributed by atoms with van der Waals surface area (Å²) in [4.78, 5) is 30.4. The number of aryl methyl sites for hydroxylation is 1. The second kappa shape index (κ2) is 8.91. The summed E-state index contributed by atoms with van der Waals surface area (Å²) in [5.41, 5.74) is 0.00579. The van der Waals surface area contributed by atoms with Crippen LogP contribution in [0.1, 0.15) is 34.5 Å². The SMILES string of the molecule is Cc1ccc(-c2nn3c(c2NC(=O)CS(C)(=O)=O)C(=O)N[C@@]2(CCCOc4cc(F)cc(F)c42)C3)nc1. The molecule has 2 aliphatic rings. The molecule has 1 aromatic carbocycles. The van der Waals surface area contributed by atoms with Crippen LogP contribution in [0.2, 0.25) is 0 Å². The Bertz CT molecular complexity index is 1540. The van der Waals surface area contributed by atoms with Gasteiger partial charge in [0.2, 0.25) is 5.91 Å². The Morgan fingerprint density at radius 3 is 2.78 bits per heavy atom. The predicted molar refractivity (Wildman–Crippen MR) is 129 cm³/mol. The Balaban J connectivity index is 1.65. The topological polar surface area (TPSA) is 132 Å². The van der Waals surface area contributed by atoms with E-state index < -0.39 is 44.6 Å². The Labute approximate surface area is 211 Å². The first-order chi connectivity index (χ1) is 17.5. The number of nitrogens with one attached hydrogen (secondary N) is 2. The number of hydrogen-bond donors (Lipinski definition) is 2. The third-order valence-corrected chi connectivity index (χ3v) is 7.04. The van der Waals surface area contributed by atoms with E-state index in [-0.39, 0.29) is 48.0 Å². The lowest BCUT2D eigenvalue weighted by Crippen LogP contribution is -2.54. The summed E-state index contributed by atoms with van der Waals surface area (Å²) in [7, 11) is -3.65. The first-order valence-electron chi connectivity index (χ1n) is 11.4. The maximum atomic E-state index is 15.1. The van der Waals surface area contributed by atoms with Crippen molar-refractivity contribution in [1.82, 2.24) is 20.1 Å². The average molecular weight is 532 g/mol. The van der Waals surface area contributed by atoms with Crippen molar-refractivity contribution >= 4 is 27.3 Å². The fourth-order valence-corrected chi connectivity index (χ4v) is 5.34. The smallest absolute Gasteiger partial charge is 0.272 e. The molecule has 37 heavy (non-hydrogen) atoms. The summed E-state index contributed by atoms with van der Waals surface area (Å²) in [6.07, 6.45) is 3.22. The van der Waals surface area contributed by atoms with Crippen molar-refractivity contribution in [2.24, 2.45) is 0 Å². The molecular formula is C24H23F2N5O5S. The molecule has 1 spiro atoms. The molecule has 0 saturated heterocycles. The number of hydrogen-bond acceptors (Lipinski definition) is 7. The number of carbonyl (C=O) groups is 2. The number of aromatic nitrogens is 3. The van der Waals surface area contributed by atoms with Crippen molar-refractivity contribution < 1.29 is 31.5 Å². The van der Waals surface area contributed by atoms with Gasteiger partial charge < -0.3 is 15.4 Å². The lowest BCUT2D eigenvalue weighted by Gasteiger charge is -2.38. The molecule has 0 fully saturated rings. The number of anilines is 1. The molecule has 0 radical (unpaired) electrons. The number of benzene rings is 1. The van der Waals surface area contributed by atoms with Crippen LogP contribution in [0.5, 0.6) is 5.75 Å². The van der Waals surface area contributed by atoms with E-state index in [1.165, 1.54) is 4.68 Å². The fraction of sp³-hybridized carbons (Fsp3) is 0.333. The van der Waals surface area contributed by atoms with Crippen LogP contribution in [0, 0.1) is 18.6 Å². The van der Waals surface area contributed by atoms with Gasteiger partial charge in [-0.1, -0.05) is 6.07 Å². The molecule has 2 aliphatic heterocycles. The zero-order valence-corrected chi connectivity index (χ0v) is 20.8. The van der Waals surface area contributed by atoms with E-state index >= 15 is 4.39 Å². The lowest BCUT2D eigenvalue weighted by atomic mass is 9.83. The van der Waals surface area contributed by atoms with E-state index in [2.05, 4.69) is 20.7 Å². The van der Waals surface area contributed by atoms with E-state index in [9.17, 15) is 22.4 Å². The molecule has 1 atom stereocenters. The molecule has 5 rings (SSSR count). The van der Waals surface area contributed by atoms with Gasteiger partial charge in [-0.05, 0) is 31.4 Å². The number of pyridine rings is 1. The summed E-state index contributed by atoms with van der Waals surface area (Å²) in [6, 6.07) is 5.24. The number of fused-ring (bicyclic) bond motifs is 3. The largest absolute Gasteiger partial charge is 0.493 e. The minimum atomic E-state index is -3.65. The Morgan fingerprint density at radius 2 is 2.08 bits per heavy atom. The molecule has 0 aliphatic carbocycles. The minimum absolute atomic E-state index is 0.00647. The number of rotatable bonds is 4. The van der Waals surface area contributed by atoms with Crippen molar-refractivity contribution in [3.05, 3.63) is 58.9 Å². The van der Waals surface area contributed by atoms with Crippen molar-refractivity contribution in [1.29, 1.82) is 0 Å². The number of sulfone groups is 1. The summed E-state index contributed by atoms with van der Waals surface area (Å²) < 4.78 is 59.4. The maximum Gasteiger partial charge on any atom is 0.272 e. The molecule has 0 unspecified atom stereocenters. The van der Waals surface area contributed by atoms with Crippen LogP contribution in [0.4, 0.5) is 14.5 Å². The molecule has 0 saturated carbocycles. The van der Waals surface area contributed by atoms with Crippen molar-refractivity contribution in [2.45, 2.75) is 31.8 Å². The van der Waals surface area contributed by atoms with Crippen LogP contribution in [-0.4, -0.2) is 53.6 Å². The van der Waals surface area contributed by atoms with E-state index in [1.54, 1.807) is 18.3 Å². The Morgan fingerprint density at radius 1 is 1.30 bits per heavy atom. The highest BCUT2D eigenvalue weighted by Crippen LogP contribution is 2.43. The first-order valence-corrected chi connectivity index (χ1v) is 13.5. The monoisotopic (exact) mass is 531 g/mol. The minimum Gasteiger partial charge on any atom is -0.493 e. The molecule has 2 amide bonds. The standard InChI is InChI=1S/C24H23F2N5O5S/c1-13-4-5-16(27-10-13)20-21(28-18(32)11-37(2,34)35)22-23(33)29-24(12-31(22)30-20)6-3-7-36-17-9-14(25)8-15(26)19(17)24/h4-5,8-10H,3,6-7,11-12H2,1-2H3,(H,28,32)(H,29,33)/t24-/m0/s1.